The molecule has 1 atom stereocenters. The lowest BCUT2D eigenvalue weighted by Crippen LogP contribution is -2.19. The molecule has 1 aromatic heterocycles. The van der Waals surface area contributed by atoms with Crippen LogP contribution in [0.4, 0.5) is 0 Å². The minimum atomic E-state index is -0.235. The lowest BCUT2D eigenvalue weighted by atomic mass is 10.0. The molecule has 1 unspecified atom stereocenters. The Bertz CT molecular complexity index is 558. The summed E-state index contributed by atoms with van der Waals surface area (Å²) >= 11 is 0. The van der Waals surface area contributed by atoms with E-state index >= 15 is 0 Å². The van der Waals surface area contributed by atoms with Crippen LogP contribution in [0.1, 0.15) is 49.7 Å². The molecule has 108 valence electrons. The molecule has 4 heteroatoms. The number of nitrogens with two attached hydrogens (primary N) is 1. The van der Waals surface area contributed by atoms with Crippen molar-refractivity contribution in [2.75, 3.05) is 7.11 Å². The van der Waals surface area contributed by atoms with E-state index in [0.717, 1.165) is 23.4 Å². The molecule has 1 heterocycles. The molecule has 4 nitrogen and oxygen atoms in total. The molecule has 0 aliphatic carbocycles. The van der Waals surface area contributed by atoms with E-state index in [2.05, 4.69) is 50.1 Å². The van der Waals surface area contributed by atoms with Gasteiger partial charge in [-0.15, -0.1) is 0 Å². The van der Waals surface area contributed by atoms with Gasteiger partial charge in [0.25, 0.3) is 0 Å². The summed E-state index contributed by atoms with van der Waals surface area (Å²) in [6, 6.07) is 8.42. The van der Waals surface area contributed by atoms with Crippen LogP contribution in [0, 0.1) is 0 Å². The first-order chi connectivity index (χ1) is 9.58. The number of aryl methyl sites for hydroxylation is 1. The molecule has 0 aliphatic rings. The van der Waals surface area contributed by atoms with Crippen LogP contribution in [0.25, 0.3) is 0 Å². The first-order valence-corrected chi connectivity index (χ1v) is 7.04. The Balaban J connectivity index is 2.40. The maximum atomic E-state index is 6.43. The van der Waals surface area contributed by atoms with Crippen LogP contribution < -0.4 is 10.5 Å². The van der Waals surface area contributed by atoms with E-state index in [4.69, 9.17) is 10.5 Å². The van der Waals surface area contributed by atoms with Crippen LogP contribution in [0.15, 0.2) is 30.5 Å². The molecule has 20 heavy (non-hydrogen) atoms. The maximum Gasteiger partial charge on any atom is 0.161 e. The largest absolute Gasteiger partial charge is 0.493 e. The van der Waals surface area contributed by atoms with Gasteiger partial charge < -0.3 is 10.5 Å². The summed E-state index contributed by atoms with van der Waals surface area (Å²) in [7, 11) is 1.65. The van der Waals surface area contributed by atoms with Crippen LogP contribution in [0.2, 0.25) is 0 Å². The van der Waals surface area contributed by atoms with Crippen molar-refractivity contribution in [3.8, 4) is 5.75 Å². The van der Waals surface area contributed by atoms with Crippen molar-refractivity contribution in [3.63, 3.8) is 0 Å². The predicted octanol–water partition coefficient (Wildman–Crippen LogP) is 3.08. The van der Waals surface area contributed by atoms with Crippen molar-refractivity contribution in [1.29, 1.82) is 0 Å². The molecule has 0 fully saturated rings. The highest BCUT2D eigenvalue weighted by atomic mass is 16.5. The summed E-state index contributed by atoms with van der Waals surface area (Å²) in [6.45, 7) is 6.32. The van der Waals surface area contributed by atoms with Crippen LogP contribution in [-0.2, 0) is 6.42 Å². The summed E-state index contributed by atoms with van der Waals surface area (Å²) in [5.41, 5.74) is 9.73. The number of methoxy groups -OCH3 is 1. The van der Waals surface area contributed by atoms with Gasteiger partial charge in [-0.1, -0.05) is 31.2 Å². The first kappa shape index (κ1) is 14.6. The molecule has 0 spiro atoms. The van der Waals surface area contributed by atoms with E-state index in [-0.39, 0.29) is 12.1 Å². The predicted molar refractivity (Wildman–Crippen MR) is 81.0 cm³/mol. The van der Waals surface area contributed by atoms with Crippen LogP contribution in [0.5, 0.6) is 5.75 Å². The van der Waals surface area contributed by atoms with Crippen LogP contribution in [0.3, 0.4) is 0 Å². The van der Waals surface area contributed by atoms with Gasteiger partial charge in [-0.2, -0.15) is 5.10 Å². The Labute approximate surface area is 120 Å². The zero-order valence-electron chi connectivity index (χ0n) is 12.6. The van der Waals surface area contributed by atoms with Crippen molar-refractivity contribution in [1.82, 2.24) is 9.78 Å². The van der Waals surface area contributed by atoms with E-state index in [1.54, 1.807) is 13.3 Å². The maximum absolute atomic E-state index is 6.43. The number of nitrogens with zero attached hydrogens (tertiary/aromatic N) is 2. The van der Waals surface area contributed by atoms with E-state index in [9.17, 15) is 0 Å². The second-order valence-electron chi connectivity index (χ2n) is 5.21. The summed E-state index contributed by atoms with van der Waals surface area (Å²) < 4.78 is 7.33. The molecule has 1 aromatic carbocycles. The quantitative estimate of drug-likeness (QED) is 0.910. The van der Waals surface area contributed by atoms with Crippen molar-refractivity contribution in [2.45, 2.75) is 39.3 Å². The van der Waals surface area contributed by atoms with Crippen LogP contribution in [-0.4, -0.2) is 16.9 Å². The third kappa shape index (κ3) is 2.70. The second-order valence-corrected chi connectivity index (χ2v) is 5.21. The minimum Gasteiger partial charge on any atom is -0.493 e. The van der Waals surface area contributed by atoms with Gasteiger partial charge in [0.1, 0.15) is 5.69 Å². The molecule has 0 bridgehead atoms. The summed E-state index contributed by atoms with van der Waals surface area (Å²) in [5.74, 6) is 0.741. The SMILES string of the molecule is CCc1ccc(C(N)c2c(OC)cnn2C(C)C)cc1. The fraction of sp³-hybridized carbons (Fsp3) is 0.438. The van der Waals surface area contributed by atoms with Gasteiger partial charge in [0.2, 0.25) is 0 Å². The number of hydrogen-bond donors (Lipinski definition) is 1. The minimum absolute atomic E-state index is 0.235. The molecule has 0 aliphatic heterocycles. The Morgan fingerprint density at radius 3 is 2.40 bits per heavy atom. The zero-order chi connectivity index (χ0) is 14.7. The topological polar surface area (TPSA) is 53.1 Å². The molecule has 2 N–H and O–H groups in total. The van der Waals surface area contributed by atoms with Gasteiger partial charge in [0, 0.05) is 6.04 Å². The fourth-order valence-corrected chi connectivity index (χ4v) is 2.34. The number of ether oxygens (including phenoxy) is 1. The van der Waals surface area contributed by atoms with Gasteiger partial charge in [-0.25, -0.2) is 0 Å². The Kier molecular flexibility index (Phi) is 4.45. The summed E-state index contributed by atoms with van der Waals surface area (Å²) in [5, 5.41) is 4.38. The Morgan fingerprint density at radius 1 is 1.25 bits per heavy atom. The molecular formula is C16H23N3O. The highest BCUT2D eigenvalue weighted by molar-refractivity contribution is 5.37. The highest BCUT2D eigenvalue weighted by Gasteiger charge is 2.21. The fourth-order valence-electron chi connectivity index (χ4n) is 2.34. The summed E-state index contributed by atoms with van der Waals surface area (Å²) in [4.78, 5) is 0. The molecule has 2 aromatic rings. The molecular weight excluding hydrogens is 250 g/mol. The van der Waals surface area contributed by atoms with E-state index in [0.29, 0.717) is 0 Å². The Hall–Kier alpha value is -1.81. The van der Waals surface area contributed by atoms with Gasteiger partial charge in [0.05, 0.1) is 19.3 Å². The van der Waals surface area contributed by atoms with Crippen molar-refractivity contribution < 1.29 is 4.74 Å². The van der Waals surface area contributed by atoms with Crippen molar-refractivity contribution in [3.05, 3.63) is 47.3 Å². The third-order valence-corrected chi connectivity index (χ3v) is 3.55. The lowest BCUT2D eigenvalue weighted by Gasteiger charge is -2.18. The first-order valence-electron chi connectivity index (χ1n) is 7.04. The van der Waals surface area contributed by atoms with Gasteiger partial charge in [-0.05, 0) is 31.4 Å². The number of aromatic nitrogens is 2. The normalized spacial score (nSPS) is 12.7. The molecule has 2 rings (SSSR count). The van der Waals surface area contributed by atoms with E-state index in [1.165, 1.54) is 5.56 Å². The second kappa shape index (κ2) is 6.09. The highest BCUT2D eigenvalue weighted by Crippen LogP contribution is 2.30. The third-order valence-electron chi connectivity index (χ3n) is 3.55. The van der Waals surface area contributed by atoms with Gasteiger partial charge in [-0.3, -0.25) is 4.68 Å². The van der Waals surface area contributed by atoms with Crippen molar-refractivity contribution in [2.24, 2.45) is 5.73 Å². The lowest BCUT2D eigenvalue weighted by molar-refractivity contribution is 0.401. The molecule has 0 amide bonds. The van der Waals surface area contributed by atoms with E-state index < -0.39 is 0 Å². The number of hydrogen-bond acceptors (Lipinski definition) is 3. The van der Waals surface area contributed by atoms with Gasteiger partial charge >= 0.3 is 0 Å². The monoisotopic (exact) mass is 273 g/mol. The summed E-state index contributed by atoms with van der Waals surface area (Å²) in [6.07, 6.45) is 2.76. The number of benzene rings is 1. The smallest absolute Gasteiger partial charge is 0.161 e. The van der Waals surface area contributed by atoms with Gasteiger partial charge in [0.15, 0.2) is 5.75 Å². The average molecular weight is 273 g/mol. The number of rotatable bonds is 5. The molecule has 0 saturated carbocycles. The average Bonchev–Trinajstić information content (AvgIpc) is 2.90. The Morgan fingerprint density at radius 2 is 1.90 bits per heavy atom. The standard InChI is InChI=1S/C16H23N3O/c1-5-12-6-8-13(9-7-12)15(17)16-14(20-4)10-18-19(16)11(2)3/h6-11,15H,5,17H2,1-4H3. The van der Waals surface area contributed by atoms with Crippen LogP contribution >= 0.6 is 0 Å². The zero-order valence-corrected chi connectivity index (χ0v) is 12.6. The van der Waals surface area contributed by atoms with Crippen molar-refractivity contribution >= 4 is 0 Å². The molecule has 0 saturated heterocycles. The van der Waals surface area contributed by atoms with E-state index in [1.807, 2.05) is 4.68 Å². The molecule has 0 radical (unpaired) electrons.